The zero-order chi connectivity index (χ0) is 16.7. The average molecular weight is 364 g/mol. The number of aryl methyl sites for hydroxylation is 1. The van der Waals surface area contributed by atoms with Crippen LogP contribution in [0.2, 0.25) is 0 Å². The second-order valence-corrected chi connectivity index (χ2v) is 9.57. The summed E-state index contributed by atoms with van der Waals surface area (Å²) in [6.07, 6.45) is 4.48. The van der Waals surface area contributed by atoms with Gasteiger partial charge in [-0.05, 0) is 48.3 Å². The van der Waals surface area contributed by atoms with Gasteiger partial charge < -0.3 is 4.90 Å². The van der Waals surface area contributed by atoms with E-state index in [2.05, 4.69) is 14.9 Å². The standard InChI is InChI=1S/C16H20N4O2S2/c1-12-4-8-23-15(12)24(21,22)20-10-13-3-7-19(9-14(13)11-20)16-17-5-2-6-18-16/h2,4-6,8,13-14H,3,7,9-11H2,1H3/t13-,14+/m1/s1. The molecule has 6 nitrogen and oxygen atoms in total. The molecule has 0 radical (unpaired) electrons. The second-order valence-electron chi connectivity index (χ2n) is 6.52. The third-order valence-corrected chi connectivity index (χ3v) is 8.49. The van der Waals surface area contributed by atoms with Crippen LogP contribution in [0.4, 0.5) is 5.95 Å². The summed E-state index contributed by atoms with van der Waals surface area (Å²) < 4.78 is 28.0. The third-order valence-electron chi connectivity index (χ3n) is 4.99. The SMILES string of the molecule is Cc1ccsc1S(=O)(=O)N1C[C@H]2CCN(c3ncccn3)C[C@H]2C1. The Kier molecular flexibility index (Phi) is 4.06. The second kappa shape index (κ2) is 6.09. The smallest absolute Gasteiger partial charge is 0.252 e. The van der Waals surface area contributed by atoms with Crippen LogP contribution in [0.3, 0.4) is 0 Å². The van der Waals surface area contributed by atoms with E-state index in [1.807, 2.05) is 24.4 Å². The summed E-state index contributed by atoms with van der Waals surface area (Å²) in [4.78, 5) is 10.8. The number of hydrogen-bond donors (Lipinski definition) is 0. The average Bonchev–Trinajstić information content (AvgIpc) is 3.21. The molecule has 2 aromatic rings. The van der Waals surface area contributed by atoms with E-state index >= 15 is 0 Å². The maximum absolute atomic E-state index is 12.9. The van der Waals surface area contributed by atoms with E-state index in [-0.39, 0.29) is 0 Å². The number of nitrogens with zero attached hydrogens (tertiary/aromatic N) is 4. The maximum atomic E-state index is 12.9. The highest BCUT2D eigenvalue weighted by atomic mass is 32.2. The Bertz CT molecular complexity index is 822. The Morgan fingerprint density at radius 1 is 1.17 bits per heavy atom. The number of aromatic nitrogens is 2. The number of piperidine rings is 1. The minimum absolute atomic E-state index is 0.345. The summed E-state index contributed by atoms with van der Waals surface area (Å²) in [5.74, 6) is 1.52. The van der Waals surface area contributed by atoms with E-state index in [0.717, 1.165) is 31.0 Å². The number of thiophene rings is 1. The van der Waals surface area contributed by atoms with Crippen molar-refractivity contribution in [1.82, 2.24) is 14.3 Å². The fraction of sp³-hybridized carbons (Fsp3) is 0.500. The zero-order valence-electron chi connectivity index (χ0n) is 13.5. The first-order valence-electron chi connectivity index (χ1n) is 8.12. The normalized spacial score (nSPS) is 25.0. The lowest BCUT2D eigenvalue weighted by Gasteiger charge is -2.34. The van der Waals surface area contributed by atoms with Crippen molar-refractivity contribution in [1.29, 1.82) is 0 Å². The van der Waals surface area contributed by atoms with Crippen molar-refractivity contribution in [2.75, 3.05) is 31.1 Å². The van der Waals surface area contributed by atoms with Crippen molar-refractivity contribution in [2.24, 2.45) is 11.8 Å². The lowest BCUT2D eigenvalue weighted by atomic mass is 9.89. The highest BCUT2D eigenvalue weighted by Crippen LogP contribution is 2.36. The van der Waals surface area contributed by atoms with Gasteiger partial charge in [-0.15, -0.1) is 11.3 Å². The first-order valence-corrected chi connectivity index (χ1v) is 10.4. The Morgan fingerprint density at radius 2 is 1.92 bits per heavy atom. The van der Waals surface area contributed by atoms with Crippen LogP contribution in [0.25, 0.3) is 0 Å². The lowest BCUT2D eigenvalue weighted by Crippen LogP contribution is -2.40. The van der Waals surface area contributed by atoms with Crippen LogP contribution < -0.4 is 4.90 Å². The van der Waals surface area contributed by atoms with E-state index in [9.17, 15) is 8.42 Å². The summed E-state index contributed by atoms with van der Waals surface area (Å²) in [5, 5.41) is 1.85. The van der Waals surface area contributed by atoms with Crippen LogP contribution in [0.15, 0.2) is 34.1 Å². The van der Waals surface area contributed by atoms with E-state index in [1.54, 1.807) is 16.7 Å². The minimum Gasteiger partial charge on any atom is -0.340 e. The molecule has 2 aliphatic heterocycles. The van der Waals surface area contributed by atoms with E-state index in [1.165, 1.54) is 11.3 Å². The zero-order valence-corrected chi connectivity index (χ0v) is 15.1. The van der Waals surface area contributed by atoms with Crippen molar-refractivity contribution in [3.05, 3.63) is 35.5 Å². The Morgan fingerprint density at radius 3 is 2.62 bits per heavy atom. The molecule has 0 aliphatic carbocycles. The number of anilines is 1. The van der Waals surface area contributed by atoms with Crippen LogP contribution in [-0.4, -0.2) is 48.9 Å². The van der Waals surface area contributed by atoms with E-state index in [4.69, 9.17) is 0 Å². The maximum Gasteiger partial charge on any atom is 0.252 e. The fourth-order valence-electron chi connectivity index (χ4n) is 3.70. The predicted octanol–water partition coefficient (Wildman–Crippen LogP) is 1.99. The molecule has 0 amide bonds. The molecule has 0 aromatic carbocycles. The summed E-state index contributed by atoms with van der Waals surface area (Å²) in [5.41, 5.74) is 0.842. The largest absolute Gasteiger partial charge is 0.340 e. The first-order chi connectivity index (χ1) is 11.6. The number of fused-ring (bicyclic) bond motifs is 1. The van der Waals surface area contributed by atoms with Crippen molar-refractivity contribution < 1.29 is 8.42 Å². The molecular formula is C16H20N4O2S2. The fourth-order valence-corrected chi connectivity index (χ4v) is 6.80. The predicted molar refractivity (Wildman–Crippen MR) is 93.7 cm³/mol. The van der Waals surface area contributed by atoms with E-state index < -0.39 is 10.0 Å². The number of rotatable bonds is 3. The summed E-state index contributed by atoms with van der Waals surface area (Å²) in [7, 11) is -3.36. The van der Waals surface area contributed by atoms with Gasteiger partial charge in [0.15, 0.2) is 0 Å². The highest BCUT2D eigenvalue weighted by Gasteiger charge is 2.42. The molecule has 0 spiro atoms. The molecule has 0 bridgehead atoms. The Balaban J connectivity index is 1.51. The third kappa shape index (κ3) is 2.72. The molecule has 2 saturated heterocycles. The summed E-state index contributed by atoms with van der Waals surface area (Å²) in [6.45, 7) is 4.80. The molecule has 128 valence electrons. The molecule has 4 heterocycles. The Hall–Kier alpha value is -1.51. The van der Waals surface area contributed by atoms with Gasteiger partial charge in [-0.1, -0.05) is 0 Å². The van der Waals surface area contributed by atoms with Crippen LogP contribution in [0.5, 0.6) is 0 Å². The molecule has 0 N–H and O–H groups in total. The van der Waals surface area contributed by atoms with Gasteiger partial charge in [0.05, 0.1) is 0 Å². The molecule has 0 saturated carbocycles. The molecule has 4 rings (SSSR count). The van der Waals surface area contributed by atoms with Crippen molar-refractivity contribution in [3.63, 3.8) is 0 Å². The van der Waals surface area contributed by atoms with Gasteiger partial charge in [-0.25, -0.2) is 18.4 Å². The van der Waals surface area contributed by atoms with Crippen LogP contribution in [0.1, 0.15) is 12.0 Å². The molecule has 2 aromatic heterocycles. The van der Waals surface area contributed by atoms with Gasteiger partial charge in [0.2, 0.25) is 5.95 Å². The molecular weight excluding hydrogens is 344 g/mol. The molecule has 0 unspecified atom stereocenters. The van der Waals surface area contributed by atoms with Gasteiger partial charge in [0, 0.05) is 38.6 Å². The summed E-state index contributed by atoms with van der Waals surface area (Å²) >= 11 is 1.31. The molecule has 2 aliphatic rings. The van der Waals surface area contributed by atoms with Gasteiger partial charge in [0.25, 0.3) is 10.0 Å². The lowest BCUT2D eigenvalue weighted by molar-refractivity contribution is 0.346. The van der Waals surface area contributed by atoms with Gasteiger partial charge in [0.1, 0.15) is 4.21 Å². The minimum atomic E-state index is -3.36. The van der Waals surface area contributed by atoms with Crippen molar-refractivity contribution in [2.45, 2.75) is 17.6 Å². The van der Waals surface area contributed by atoms with Crippen LogP contribution >= 0.6 is 11.3 Å². The molecule has 24 heavy (non-hydrogen) atoms. The Labute approximate surface area is 146 Å². The van der Waals surface area contributed by atoms with Crippen LogP contribution in [-0.2, 0) is 10.0 Å². The molecule has 2 fully saturated rings. The first kappa shape index (κ1) is 16.0. The quantitative estimate of drug-likeness (QED) is 0.833. The molecule has 8 heteroatoms. The molecule has 2 atom stereocenters. The topological polar surface area (TPSA) is 66.4 Å². The van der Waals surface area contributed by atoms with Gasteiger partial charge in [-0.2, -0.15) is 4.31 Å². The monoisotopic (exact) mass is 364 g/mol. The summed E-state index contributed by atoms with van der Waals surface area (Å²) in [6, 6.07) is 3.68. The van der Waals surface area contributed by atoms with Gasteiger partial charge >= 0.3 is 0 Å². The van der Waals surface area contributed by atoms with Gasteiger partial charge in [-0.3, -0.25) is 0 Å². The van der Waals surface area contributed by atoms with Crippen molar-refractivity contribution >= 4 is 27.3 Å². The number of sulfonamides is 1. The number of hydrogen-bond acceptors (Lipinski definition) is 6. The van der Waals surface area contributed by atoms with Crippen molar-refractivity contribution in [3.8, 4) is 0 Å². The van der Waals surface area contributed by atoms with Crippen LogP contribution in [0, 0.1) is 18.8 Å². The van der Waals surface area contributed by atoms with E-state index in [0.29, 0.717) is 29.1 Å². The highest BCUT2D eigenvalue weighted by molar-refractivity contribution is 7.91.